The molecule has 0 saturated carbocycles. The van der Waals surface area contributed by atoms with Gasteiger partial charge in [-0.3, -0.25) is 4.79 Å². The molecule has 5 nitrogen and oxygen atoms in total. The summed E-state index contributed by atoms with van der Waals surface area (Å²) in [7, 11) is -2.28. The van der Waals surface area contributed by atoms with Crippen LogP contribution in [0.25, 0.3) is 0 Å². The van der Waals surface area contributed by atoms with Crippen molar-refractivity contribution in [2.45, 2.75) is 44.7 Å². The van der Waals surface area contributed by atoms with Gasteiger partial charge in [0.05, 0.1) is 4.90 Å². The van der Waals surface area contributed by atoms with Crippen LogP contribution in [-0.4, -0.2) is 31.8 Å². The van der Waals surface area contributed by atoms with Crippen LogP contribution < -0.4 is 4.72 Å². The van der Waals surface area contributed by atoms with Crippen molar-refractivity contribution in [3.05, 3.63) is 63.9 Å². The summed E-state index contributed by atoms with van der Waals surface area (Å²) in [5, 5.41) is 0.224. The predicted octanol–water partition coefficient (Wildman–Crippen LogP) is 4.14. The van der Waals surface area contributed by atoms with Crippen molar-refractivity contribution >= 4 is 27.5 Å². The van der Waals surface area contributed by atoms with E-state index in [1.54, 1.807) is 39.8 Å². The number of halogens is 2. The van der Waals surface area contributed by atoms with Gasteiger partial charge in [0, 0.05) is 35.3 Å². The fourth-order valence-corrected chi connectivity index (χ4v) is 4.33. The molecule has 0 bridgehead atoms. The van der Waals surface area contributed by atoms with Crippen LogP contribution in [0.5, 0.6) is 0 Å². The number of hydrogen-bond acceptors (Lipinski definition) is 3. The fourth-order valence-electron chi connectivity index (χ4n) is 2.66. The topological polar surface area (TPSA) is 66.5 Å². The second kappa shape index (κ2) is 8.19. The first-order chi connectivity index (χ1) is 12.8. The second-order valence-corrected chi connectivity index (χ2v) is 9.78. The molecule has 8 heteroatoms. The number of rotatable bonds is 5. The first-order valence-corrected chi connectivity index (χ1v) is 10.5. The maximum atomic E-state index is 14.0. The molecule has 0 unspecified atom stereocenters. The largest absolute Gasteiger partial charge is 0.337 e. The second-order valence-electron chi connectivity index (χ2n) is 7.69. The minimum absolute atomic E-state index is 0.00583. The third-order valence-corrected chi connectivity index (χ3v) is 6.10. The molecule has 0 aliphatic carbocycles. The highest BCUT2D eigenvalue weighted by Gasteiger charge is 2.24. The number of nitrogens with zero attached hydrogens (tertiary/aromatic N) is 1. The highest BCUT2D eigenvalue weighted by Crippen LogP contribution is 2.23. The van der Waals surface area contributed by atoms with E-state index in [0.717, 1.165) is 0 Å². The Bertz CT molecular complexity index is 981. The molecule has 0 atom stereocenters. The summed E-state index contributed by atoms with van der Waals surface area (Å²) in [6.45, 7) is 6.87. The first-order valence-electron chi connectivity index (χ1n) is 8.65. The Morgan fingerprint density at radius 3 is 2.43 bits per heavy atom. The van der Waals surface area contributed by atoms with Gasteiger partial charge in [-0.2, -0.15) is 0 Å². The lowest BCUT2D eigenvalue weighted by atomic mass is 10.1. The van der Waals surface area contributed by atoms with E-state index in [1.807, 2.05) is 0 Å². The van der Waals surface area contributed by atoms with Crippen LogP contribution >= 0.6 is 11.6 Å². The van der Waals surface area contributed by atoms with E-state index in [-0.39, 0.29) is 27.6 Å². The monoisotopic (exact) mass is 426 g/mol. The first kappa shape index (κ1) is 22.3. The summed E-state index contributed by atoms with van der Waals surface area (Å²) in [6.07, 6.45) is 0. The lowest BCUT2D eigenvalue weighted by molar-refractivity contribution is 0.0783. The Labute approximate surface area is 170 Å². The molecule has 1 N–H and O–H groups in total. The molecule has 0 spiro atoms. The predicted molar refractivity (Wildman–Crippen MR) is 108 cm³/mol. The van der Waals surface area contributed by atoms with Crippen molar-refractivity contribution in [1.29, 1.82) is 0 Å². The van der Waals surface area contributed by atoms with Crippen LogP contribution in [0, 0.1) is 12.7 Å². The number of nitrogens with one attached hydrogen (secondary N) is 1. The molecule has 0 saturated heterocycles. The zero-order chi connectivity index (χ0) is 21.3. The summed E-state index contributed by atoms with van der Waals surface area (Å²) in [5.74, 6) is -0.931. The molecule has 0 heterocycles. The van der Waals surface area contributed by atoms with E-state index < -0.39 is 27.3 Å². The van der Waals surface area contributed by atoms with Gasteiger partial charge >= 0.3 is 0 Å². The van der Waals surface area contributed by atoms with Crippen molar-refractivity contribution in [3.63, 3.8) is 0 Å². The number of carbonyl (C=O) groups is 1. The van der Waals surface area contributed by atoms with Crippen LogP contribution in [0.15, 0.2) is 41.3 Å². The van der Waals surface area contributed by atoms with Gasteiger partial charge < -0.3 is 4.90 Å². The third-order valence-electron chi connectivity index (χ3n) is 3.99. The Morgan fingerprint density at radius 2 is 1.86 bits per heavy atom. The average molecular weight is 427 g/mol. The lowest BCUT2D eigenvalue weighted by Gasteiger charge is -2.22. The summed E-state index contributed by atoms with van der Waals surface area (Å²) >= 11 is 6.04. The van der Waals surface area contributed by atoms with Crippen LogP contribution in [0.2, 0.25) is 5.02 Å². The van der Waals surface area contributed by atoms with Gasteiger partial charge in [-0.1, -0.05) is 23.7 Å². The zero-order valence-electron chi connectivity index (χ0n) is 16.5. The number of benzene rings is 2. The maximum absolute atomic E-state index is 14.0. The van der Waals surface area contributed by atoms with Crippen LogP contribution in [0.4, 0.5) is 4.39 Å². The molecule has 1 amide bonds. The fraction of sp³-hybridized carbons (Fsp3) is 0.350. The van der Waals surface area contributed by atoms with E-state index in [0.29, 0.717) is 5.56 Å². The smallest absolute Gasteiger partial charge is 0.254 e. The Hall–Kier alpha value is -1.96. The van der Waals surface area contributed by atoms with Crippen molar-refractivity contribution in [1.82, 2.24) is 9.62 Å². The minimum atomic E-state index is -3.79. The highest BCUT2D eigenvalue weighted by molar-refractivity contribution is 7.89. The van der Waals surface area contributed by atoms with E-state index in [4.69, 9.17) is 11.6 Å². The van der Waals surface area contributed by atoms with E-state index in [1.165, 1.54) is 36.2 Å². The maximum Gasteiger partial charge on any atom is 0.254 e. The van der Waals surface area contributed by atoms with E-state index >= 15 is 0 Å². The number of carbonyl (C=O) groups excluding carboxylic acids is 1. The molecule has 0 aromatic heterocycles. The van der Waals surface area contributed by atoms with Crippen molar-refractivity contribution < 1.29 is 17.6 Å². The molecular weight excluding hydrogens is 403 g/mol. The van der Waals surface area contributed by atoms with Crippen molar-refractivity contribution in [2.24, 2.45) is 0 Å². The molecule has 0 aliphatic heterocycles. The lowest BCUT2D eigenvalue weighted by Crippen LogP contribution is -2.40. The number of sulfonamides is 1. The normalized spacial score (nSPS) is 12.1. The van der Waals surface area contributed by atoms with Gasteiger partial charge in [-0.25, -0.2) is 17.5 Å². The van der Waals surface area contributed by atoms with E-state index in [2.05, 4.69) is 4.72 Å². The van der Waals surface area contributed by atoms with Gasteiger partial charge in [0.1, 0.15) is 5.82 Å². The molecule has 2 aromatic carbocycles. The summed E-state index contributed by atoms with van der Waals surface area (Å²) in [6, 6.07) is 8.68. The highest BCUT2D eigenvalue weighted by atomic mass is 35.5. The molecule has 0 fully saturated rings. The van der Waals surface area contributed by atoms with Gasteiger partial charge in [0.2, 0.25) is 10.0 Å². The van der Waals surface area contributed by atoms with Crippen LogP contribution in [-0.2, 0) is 16.6 Å². The molecule has 2 aromatic rings. The molecular formula is C20H24ClFN2O3S. The third kappa shape index (κ3) is 5.31. The van der Waals surface area contributed by atoms with Gasteiger partial charge in [-0.05, 0) is 57.5 Å². The van der Waals surface area contributed by atoms with Crippen LogP contribution in [0.1, 0.15) is 42.3 Å². The standard InChI is InChI=1S/C20H24ClFN2O3S/c1-13-9-10-14(28(26,27)23-20(2,3)4)11-15(13)19(25)24(5)12-16-17(21)7-6-8-18(16)22/h6-11,23H,12H2,1-5H3. The van der Waals surface area contributed by atoms with E-state index in [9.17, 15) is 17.6 Å². The van der Waals surface area contributed by atoms with Gasteiger partial charge in [-0.15, -0.1) is 0 Å². The van der Waals surface area contributed by atoms with Gasteiger partial charge in [0.15, 0.2) is 0 Å². The Balaban J connectivity index is 2.35. The summed E-state index contributed by atoms with van der Waals surface area (Å²) < 4.78 is 41.7. The van der Waals surface area contributed by atoms with Gasteiger partial charge in [0.25, 0.3) is 5.91 Å². The molecule has 0 radical (unpaired) electrons. The molecule has 0 aliphatic rings. The van der Waals surface area contributed by atoms with Crippen LogP contribution in [0.3, 0.4) is 0 Å². The Morgan fingerprint density at radius 1 is 1.21 bits per heavy atom. The minimum Gasteiger partial charge on any atom is -0.337 e. The molecule has 152 valence electrons. The van der Waals surface area contributed by atoms with Crippen molar-refractivity contribution in [2.75, 3.05) is 7.05 Å². The quantitative estimate of drug-likeness (QED) is 0.781. The number of amides is 1. The average Bonchev–Trinajstić information content (AvgIpc) is 2.55. The number of hydrogen-bond donors (Lipinski definition) is 1. The SMILES string of the molecule is Cc1ccc(S(=O)(=O)NC(C)(C)C)cc1C(=O)N(C)Cc1c(F)cccc1Cl. The zero-order valence-corrected chi connectivity index (χ0v) is 18.1. The summed E-state index contributed by atoms with van der Waals surface area (Å²) in [5.41, 5.74) is 0.389. The summed E-state index contributed by atoms with van der Waals surface area (Å²) in [4.78, 5) is 14.2. The molecule has 2 rings (SSSR count). The van der Waals surface area contributed by atoms with Crippen molar-refractivity contribution in [3.8, 4) is 0 Å². The number of aryl methyl sites for hydroxylation is 1. The Kier molecular flexibility index (Phi) is 6.53. The molecule has 28 heavy (non-hydrogen) atoms.